The Morgan fingerprint density at radius 2 is 1.78 bits per heavy atom. The number of piperidine rings is 1. The zero-order valence-corrected chi connectivity index (χ0v) is 15.1. The molecule has 0 N–H and O–H groups in total. The normalized spacial score (nSPS) is 20.3. The topological polar surface area (TPSA) is 66.4 Å². The largest absolute Gasteiger partial charge is 0.356 e. The third-order valence-corrected chi connectivity index (χ3v) is 6.35. The van der Waals surface area contributed by atoms with Crippen molar-refractivity contribution in [3.05, 3.63) is 17.1 Å². The molecule has 1 aromatic heterocycles. The lowest BCUT2D eigenvalue weighted by Gasteiger charge is -2.37. The van der Waals surface area contributed by atoms with Gasteiger partial charge in [-0.15, -0.1) is 0 Å². The van der Waals surface area contributed by atoms with Gasteiger partial charge in [-0.25, -0.2) is 22.7 Å². The molecule has 0 amide bonds. The van der Waals surface area contributed by atoms with Crippen molar-refractivity contribution in [2.45, 2.75) is 51.5 Å². The highest BCUT2D eigenvalue weighted by Crippen LogP contribution is 2.30. The fourth-order valence-electron chi connectivity index (χ4n) is 3.72. The minimum absolute atomic E-state index is 0.341. The van der Waals surface area contributed by atoms with Gasteiger partial charge < -0.3 is 4.90 Å². The molecule has 2 heterocycles. The van der Waals surface area contributed by atoms with Gasteiger partial charge in [0, 0.05) is 37.4 Å². The second kappa shape index (κ2) is 6.36. The van der Waals surface area contributed by atoms with Crippen molar-refractivity contribution in [2.75, 3.05) is 31.3 Å². The number of anilines is 1. The highest BCUT2D eigenvalue weighted by molar-refractivity contribution is 7.88. The molecule has 1 saturated heterocycles. The van der Waals surface area contributed by atoms with E-state index >= 15 is 0 Å². The molecule has 0 saturated carbocycles. The number of hydrogen-bond donors (Lipinski definition) is 0. The van der Waals surface area contributed by atoms with E-state index in [-0.39, 0.29) is 0 Å². The maximum atomic E-state index is 11.7. The Balaban J connectivity index is 1.79. The van der Waals surface area contributed by atoms with Crippen molar-refractivity contribution in [2.24, 2.45) is 0 Å². The van der Waals surface area contributed by atoms with Crippen LogP contribution in [-0.4, -0.2) is 55.1 Å². The first-order chi connectivity index (χ1) is 10.9. The maximum absolute atomic E-state index is 11.7. The predicted molar refractivity (Wildman–Crippen MR) is 91.3 cm³/mol. The number of aryl methyl sites for hydroxylation is 2. The van der Waals surface area contributed by atoms with Crippen LogP contribution >= 0.6 is 0 Å². The van der Waals surface area contributed by atoms with Gasteiger partial charge in [0.05, 0.1) is 6.26 Å². The minimum Gasteiger partial charge on any atom is -0.356 e. The fourth-order valence-corrected chi connectivity index (χ4v) is 4.59. The van der Waals surface area contributed by atoms with E-state index in [1.807, 2.05) is 6.92 Å². The first-order valence-corrected chi connectivity index (χ1v) is 10.3. The molecule has 1 fully saturated rings. The number of hydrogen-bond acceptors (Lipinski definition) is 5. The minimum atomic E-state index is -3.07. The Hall–Kier alpha value is -1.21. The summed E-state index contributed by atoms with van der Waals surface area (Å²) in [6.45, 7) is 3.15. The summed E-state index contributed by atoms with van der Waals surface area (Å²) in [7, 11) is -0.977. The summed E-state index contributed by atoms with van der Waals surface area (Å²) in [6.07, 6.45) is 7.50. The summed E-state index contributed by atoms with van der Waals surface area (Å²) in [5.74, 6) is 1.89. The smallest absolute Gasteiger partial charge is 0.211 e. The summed E-state index contributed by atoms with van der Waals surface area (Å²) >= 11 is 0. The Bertz CT molecular complexity index is 682. The molecule has 6 nitrogen and oxygen atoms in total. The molecule has 7 heteroatoms. The highest BCUT2D eigenvalue weighted by atomic mass is 32.2. The lowest BCUT2D eigenvalue weighted by molar-refractivity contribution is 0.315. The molecular formula is C16H26N4O2S. The van der Waals surface area contributed by atoms with Gasteiger partial charge in [-0.05, 0) is 45.4 Å². The first-order valence-electron chi connectivity index (χ1n) is 8.40. The van der Waals surface area contributed by atoms with Crippen molar-refractivity contribution < 1.29 is 8.42 Å². The van der Waals surface area contributed by atoms with E-state index in [9.17, 15) is 8.42 Å². The van der Waals surface area contributed by atoms with Gasteiger partial charge >= 0.3 is 0 Å². The number of nitrogens with zero attached hydrogens (tertiary/aromatic N) is 4. The second-order valence-corrected chi connectivity index (χ2v) is 8.71. The van der Waals surface area contributed by atoms with Crippen molar-refractivity contribution in [3.63, 3.8) is 0 Å². The first kappa shape index (κ1) is 16.6. The quantitative estimate of drug-likeness (QED) is 0.836. The Kier molecular flexibility index (Phi) is 4.60. The monoisotopic (exact) mass is 338 g/mol. The molecule has 0 spiro atoms. The van der Waals surface area contributed by atoms with Crippen molar-refractivity contribution in [3.8, 4) is 0 Å². The molecular weight excluding hydrogens is 312 g/mol. The van der Waals surface area contributed by atoms with E-state index in [2.05, 4.69) is 16.9 Å². The van der Waals surface area contributed by atoms with Crippen LogP contribution in [0.5, 0.6) is 0 Å². The lowest BCUT2D eigenvalue weighted by atomic mass is 9.95. The molecule has 1 aliphatic heterocycles. The van der Waals surface area contributed by atoms with Gasteiger partial charge in [0.25, 0.3) is 0 Å². The number of fused-ring (bicyclic) bond motifs is 1. The zero-order chi connectivity index (χ0) is 16.6. The van der Waals surface area contributed by atoms with E-state index in [1.165, 1.54) is 30.4 Å². The molecule has 0 atom stereocenters. The van der Waals surface area contributed by atoms with Crippen LogP contribution in [0.15, 0.2) is 0 Å². The average Bonchev–Trinajstić information content (AvgIpc) is 2.52. The van der Waals surface area contributed by atoms with Crippen LogP contribution in [-0.2, 0) is 22.9 Å². The number of rotatable bonds is 3. The molecule has 23 heavy (non-hydrogen) atoms. The van der Waals surface area contributed by atoms with E-state index in [0.717, 1.165) is 37.3 Å². The fraction of sp³-hybridized carbons (Fsp3) is 0.750. The number of aromatic nitrogens is 2. The summed E-state index contributed by atoms with van der Waals surface area (Å²) < 4.78 is 24.9. The summed E-state index contributed by atoms with van der Waals surface area (Å²) in [5.41, 5.74) is 2.51. The van der Waals surface area contributed by atoms with Crippen molar-refractivity contribution in [1.82, 2.24) is 14.3 Å². The van der Waals surface area contributed by atoms with Crippen LogP contribution in [0.2, 0.25) is 0 Å². The SMILES string of the molecule is Cc1nc2c(c(N(C)C3CCN(S(C)(=O)=O)CC3)n1)CCCC2. The van der Waals surface area contributed by atoms with Gasteiger partial charge in [-0.2, -0.15) is 0 Å². The molecule has 0 radical (unpaired) electrons. The van der Waals surface area contributed by atoms with Gasteiger partial charge in [0.1, 0.15) is 11.6 Å². The van der Waals surface area contributed by atoms with Gasteiger partial charge in [0.15, 0.2) is 0 Å². The molecule has 1 aliphatic carbocycles. The van der Waals surface area contributed by atoms with E-state index in [4.69, 9.17) is 4.98 Å². The van der Waals surface area contributed by atoms with Crippen LogP contribution in [0.1, 0.15) is 42.8 Å². The maximum Gasteiger partial charge on any atom is 0.211 e. The Morgan fingerprint density at radius 3 is 2.43 bits per heavy atom. The van der Waals surface area contributed by atoms with Crippen molar-refractivity contribution in [1.29, 1.82) is 0 Å². The third kappa shape index (κ3) is 3.50. The van der Waals surface area contributed by atoms with Crippen molar-refractivity contribution >= 4 is 15.8 Å². The molecule has 2 aliphatic rings. The zero-order valence-electron chi connectivity index (χ0n) is 14.2. The molecule has 1 aromatic rings. The van der Waals surface area contributed by atoms with Crippen LogP contribution in [0, 0.1) is 6.92 Å². The molecule has 0 bridgehead atoms. The summed E-state index contributed by atoms with van der Waals surface area (Å²) in [5, 5.41) is 0. The van der Waals surface area contributed by atoms with Crippen LogP contribution in [0.4, 0.5) is 5.82 Å². The second-order valence-electron chi connectivity index (χ2n) is 6.73. The molecule has 3 rings (SSSR count). The third-order valence-electron chi connectivity index (χ3n) is 5.05. The summed E-state index contributed by atoms with van der Waals surface area (Å²) in [6, 6.07) is 0.341. The highest BCUT2D eigenvalue weighted by Gasteiger charge is 2.29. The van der Waals surface area contributed by atoms with Gasteiger partial charge in [-0.1, -0.05) is 0 Å². The van der Waals surface area contributed by atoms with E-state index < -0.39 is 10.0 Å². The molecule has 0 aromatic carbocycles. The summed E-state index contributed by atoms with van der Waals surface area (Å²) in [4.78, 5) is 11.6. The average molecular weight is 338 g/mol. The Labute approximate surface area is 139 Å². The van der Waals surface area contributed by atoms with E-state index in [0.29, 0.717) is 19.1 Å². The Morgan fingerprint density at radius 1 is 1.13 bits per heavy atom. The van der Waals surface area contributed by atoms with Gasteiger partial charge in [0.2, 0.25) is 10.0 Å². The van der Waals surface area contributed by atoms with E-state index in [1.54, 1.807) is 4.31 Å². The lowest BCUT2D eigenvalue weighted by Crippen LogP contribution is -2.45. The number of sulfonamides is 1. The standard InChI is InChI=1S/C16H26N4O2S/c1-12-17-15-7-5-4-6-14(15)16(18-12)19(2)13-8-10-20(11-9-13)23(3,21)22/h13H,4-11H2,1-3H3. The van der Waals surface area contributed by atoms with Crippen LogP contribution in [0.3, 0.4) is 0 Å². The van der Waals surface area contributed by atoms with Crippen LogP contribution < -0.4 is 4.90 Å². The van der Waals surface area contributed by atoms with Gasteiger partial charge in [-0.3, -0.25) is 0 Å². The van der Waals surface area contributed by atoms with Crippen LogP contribution in [0.25, 0.3) is 0 Å². The molecule has 0 unspecified atom stereocenters. The predicted octanol–water partition coefficient (Wildman–Crippen LogP) is 1.52. The molecule has 128 valence electrons.